The second kappa shape index (κ2) is 4.08. The summed E-state index contributed by atoms with van der Waals surface area (Å²) in [5.41, 5.74) is 1.72. The highest BCUT2D eigenvalue weighted by Crippen LogP contribution is 2.26. The Labute approximate surface area is 78.6 Å². The van der Waals surface area contributed by atoms with E-state index in [-0.39, 0.29) is 12.1 Å². The molecule has 0 aromatic rings. The highest BCUT2D eigenvalue weighted by molar-refractivity contribution is 5.95. The number of allylic oxidation sites excluding steroid dienone is 2. The van der Waals surface area contributed by atoms with Gasteiger partial charge < -0.3 is 4.74 Å². The molecule has 0 aromatic carbocycles. The number of rotatable bonds is 3. The van der Waals surface area contributed by atoms with E-state index < -0.39 is 0 Å². The average Bonchev–Trinajstić information content (AvgIpc) is 2.33. The molecule has 1 aliphatic rings. The van der Waals surface area contributed by atoms with Crippen molar-refractivity contribution < 1.29 is 9.53 Å². The standard InChI is InChI=1S/C11H14O2/c1-4-6-9-8(3)13-11(12)10(9)7-5-2/h4-5,7-8H,1,6H2,2-3H3/b7-5-. The fourth-order valence-corrected chi connectivity index (χ4v) is 1.42. The second-order valence-electron chi connectivity index (χ2n) is 2.98. The maximum absolute atomic E-state index is 11.3. The van der Waals surface area contributed by atoms with Crippen LogP contribution in [0.3, 0.4) is 0 Å². The zero-order valence-electron chi connectivity index (χ0n) is 8.04. The summed E-state index contributed by atoms with van der Waals surface area (Å²) in [5.74, 6) is -0.220. The summed E-state index contributed by atoms with van der Waals surface area (Å²) >= 11 is 0. The van der Waals surface area contributed by atoms with Gasteiger partial charge in [0, 0.05) is 0 Å². The van der Waals surface area contributed by atoms with E-state index in [1.807, 2.05) is 19.9 Å². The van der Waals surface area contributed by atoms with Crippen molar-refractivity contribution in [1.29, 1.82) is 0 Å². The Balaban J connectivity index is 3.01. The van der Waals surface area contributed by atoms with Crippen molar-refractivity contribution in [2.45, 2.75) is 26.4 Å². The van der Waals surface area contributed by atoms with Crippen LogP contribution in [0.5, 0.6) is 0 Å². The second-order valence-corrected chi connectivity index (χ2v) is 2.98. The van der Waals surface area contributed by atoms with Crippen LogP contribution in [0.1, 0.15) is 20.3 Å². The number of cyclic esters (lactones) is 1. The third-order valence-corrected chi connectivity index (χ3v) is 2.04. The van der Waals surface area contributed by atoms with Gasteiger partial charge in [-0.1, -0.05) is 18.2 Å². The molecule has 1 atom stereocenters. The molecule has 1 aliphatic heterocycles. The van der Waals surface area contributed by atoms with E-state index in [0.717, 1.165) is 5.57 Å². The van der Waals surface area contributed by atoms with Crippen LogP contribution >= 0.6 is 0 Å². The highest BCUT2D eigenvalue weighted by Gasteiger charge is 2.27. The first-order valence-electron chi connectivity index (χ1n) is 4.38. The van der Waals surface area contributed by atoms with E-state index in [4.69, 9.17) is 4.74 Å². The van der Waals surface area contributed by atoms with Gasteiger partial charge in [0.25, 0.3) is 0 Å². The average molecular weight is 178 g/mol. The molecule has 1 rings (SSSR count). The minimum absolute atomic E-state index is 0.100. The summed E-state index contributed by atoms with van der Waals surface area (Å²) in [6, 6.07) is 0. The van der Waals surface area contributed by atoms with E-state index in [2.05, 4.69) is 6.58 Å². The van der Waals surface area contributed by atoms with Crippen LogP contribution in [-0.2, 0) is 9.53 Å². The first-order chi connectivity index (χ1) is 6.20. The molecule has 0 N–H and O–H groups in total. The van der Waals surface area contributed by atoms with E-state index in [1.54, 1.807) is 12.2 Å². The summed E-state index contributed by atoms with van der Waals surface area (Å²) in [4.78, 5) is 11.3. The van der Waals surface area contributed by atoms with Gasteiger partial charge in [0.1, 0.15) is 6.10 Å². The predicted octanol–water partition coefficient (Wildman–Crippen LogP) is 2.38. The van der Waals surface area contributed by atoms with E-state index in [9.17, 15) is 4.79 Å². The largest absolute Gasteiger partial charge is 0.454 e. The molecule has 0 bridgehead atoms. The molecule has 0 saturated carbocycles. The van der Waals surface area contributed by atoms with Gasteiger partial charge in [-0.2, -0.15) is 0 Å². The summed E-state index contributed by atoms with van der Waals surface area (Å²) < 4.78 is 5.08. The zero-order chi connectivity index (χ0) is 9.84. The molecule has 0 aliphatic carbocycles. The van der Waals surface area contributed by atoms with Crippen LogP contribution in [0.25, 0.3) is 0 Å². The lowest BCUT2D eigenvalue weighted by Gasteiger charge is -2.04. The van der Waals surface area contributed by atoms with Gasteiger partial charge >= 0.3 is 5.97 Å². The predicted molar refractivity (Wildman–Crippen MR) is 52.2 cm³/mol. The molecular formula is C11H14O2. The number of ether oxygens (including phenoxy) is 1. The molecule has 0 saturated heterocycles. The maximum Gasteiger partial charge on any atom is 0.338 e. The van der Waals surface area contributed by atoms with Crippen molar-refractivity contribution in [3.05, 3.63) is 36.0 Å². The van der Waals surface area contributed by atoms with Crippen molar-refractivity contribution in [3.8, 4) is 0 Å². The van der Waals surface area contributed by atoms with Crippen LogP contribution in [0.4, 0.5) is 0 Å². The van der Waals surface area contributed by atoms with Gasteiger partial charge in [-0.15, -0.1) is 6.58 Å². The number of hydrogen-bond acceptors (Lipinski definition) is 2. The topological polar surface area (TPSA) is 26.3 Å². The van der Waals surface area contributed by atoms with Gasteiger partial charge in [-0.05, 0) is 25.8 Å². The molecule has 13 heavy (non-hydrogen) atoms. The Kier molecular flexibility index (Phi) is 3.07. The fraction of sp³-hybridized carbons (Fsp3) is 0.364. The van der Waals surface area contributed by atoms with Crippen LogP contribution in [-0.4, -0.2) is 12.1 Å². The summed E-state index contributed by atoms with van der Waals surface area (Å²) in [6.45, 7) is 7.42. The lowest BCUT2D eigenvalue weighted by atomic mass is 10.0. The van der Waals surface area contributed by atoms with Gasteiger partial charge in [-0.25, -0.2) is 4.79 Å². The lowest BCUT2D eigenvalue weighted by molar-refractivity contribution is -0.138. The third-order valence-electron chi connectivity index (χ3n) is 2.04. The summed E-state index contributed by atoms with van der Waals surface area (Å²) in [5, 5.41) is 0. The quantitative estimate of drug-likeness (QED) is 0.490. The Morgan fingerprint density at radius 2 is 2.31 bits per heavy atom. The Morgan fingerprint density at radius 3 is 2.85 bits per heavy atom. The number of esters is 1. The minimum Gasteiger partial charge on any atom is -0.454 e. The van der Waals surface area contributed by atoms with E-state index in [1.165, 1.54) is 0 Å². The first-order valence-corrected chi connectivity index (χ1v) is 4.38. The molecule has 2 nitrogen and oxygen atoms in total. The number of hydrogen-bond donors (Lipinski definition) is 0. The van der Waals surface area contributed by atoms with E-state index >= 15 is 0 Å². The SMILES string of the molecule is C=CCC1=C(/C=C\C)C(=O)OC1C. The van der Waals surface area contributed by atoms with Crippen molar-refractivity contribution >= 4 is 5.97 Å². The molecule has 1 unspecified atom stereocenters. The monoisotopic (exact) mass is 178 g/mol. The number of carbonyl (C=O) groups is 1. The molecule has 0 aromatic heterocycles. The fourth-order valence-electron chi connectivity index (χ4n) is 1.42. The molecule has 1 heterocycles. The maximum atomic E-state index is 11.3. The van der Waals surface area contributed by atoms with E-state index in [0.29, 0.717) is 12.0 Å². The van der Waals surface area contributed by atoms with Crippen molar-refractivity contribution in [2.24, 2.45) is 0 Å². The zero-order valence-corrected chi connectivity index (χ0v) is 8.04. The molecule has 0 amide bonds. The first kappa shape index (κ1) is 9.78. The molecular weight excluding hydrogens is 164 g/mol. The molecule has 0 fully saturated rings. The van der Waals surface area contributed by atoms with Crippen LogP contribution in [0.2, 0.25) is 0 Å². The minimum atomic E-state index is -0.220. The van der Waals surface area contributed by atoms with Gasteiger partial charge in [0.15, 0.2) is 0 Å². The van der Waals surface area contributed by atoms with Gasteiger partial charge in [0.2, 0.25) is 0 Å². The molecule has 2 heteroatoms. The third kappa shape index (κ3) is 1.89. The summed E-state index contributed by atoms with van der Waals surface area (Å²) in [6.07, 6.45) is 6.04. The van der Waals surface area contributed by atoms with Gasteiger partial charge in [-0.3, -0.25) is 0 Å². The smallest absolute Gasteiger partial charge is 0.338 e. The van der Waals surface area contributed by atoms with Crippen LogP contribution in [0, 0.1) is 0 Å². The van der Waals surface area contributed by atoms with Gasteiger partial charge in [0.05, 0.1) is 5.57 Å². The molecule has 0 spiro atoms. The highest BCUT2D eigenvalue weighted by atomic mass is 16.5. The van der Waals surface area contributed by atoms with Crippen molar-refractivity contribution in [3.63, 3.8) is 0 Å². The number of carbonyl (C=O) groups excluding carboxylic acids is 1. The van der Waals surface area contributed by atoms with Crippen LogP contribution < -0.4 is 0 Å². The Morgan fingerprint density at radius 1 is 1.62 bits per heavy atom. The summed E-state index contributed by atoms with van der Waals surface area (Å²) in [7, 11) is 0. The molecule has 70 valence electrons. The van der Waals surface area contributed by atoms with Crippen molar-refractivity contribution in [1.82, 2.24) is 0 Å². The Hall–Kier alpha value is -1.31. The van der Waals surface area contributed by atoms with Crippen LogP contribution in [0.15, 0.2) is 36.0 Å². The Bertz CT molecular complexity index is 284. The normalized spacial score (nSPS) is 22.6. The lowest BCUT2D eigenvalue weighted by Crippen LogP contribution is -2.05. The van der Waals surface area contributed by atoms with Crippen molar-refractivity contribution in [2.75, 3.05) is 0 Å². The molecule has 0 radical (unpaired) electrons.